The van der Waals surface area contributed by atoms with Crippen LogP contribution in [0.2, 0.25) is 0 Å². The minimum Gasteiger partial charge on any atom is -0.374 e. The van der Waals surface area contributed by atoms with Crippen LogP contribution < -0.4 is 0 Å². The zero-order chi connectivity index (χ0) is 14.0. The SMILES string of the molecule is C=CCC(=C)CC[C@@H](OCCCN(C)C)C(=C)C. The fraction of sp³-hybridized carbons (Fsp3) is 0.625. The minimum atomic E-state index is 0.161. The Balaban J connectivity index is 3.89. The molecule has 0 spiro atoms. The molecule has 1 atom stereocenters. The van der Waals surface area contributed by atoms with Gasteiger partial charge in [-0.25, -0.2) is 0 Å². The summed E-state index contributed by atoms with van der Waals surface area (Å²) in [7, 11) is 4.16. The summed E-state index contributed by atoms with van der Waals surface area (Å²) in [5.74, 6) is 0. The maximum atomic E-state index is 5.89. The lowest BCUT2D eigenvalue weighted by Gasteiger charge is -2.19. The molecule has 0 aliphatic carbocycles. The van der Waals surface area contributed by atoms with Gasteiger partial charge >= 0.3 is 0 Å². The Morgan fingerprint density at radius 1 is 1.33 bits per heavy atom. The Hall–Kier alpha value is -0.860. The summed E-state index contributed by atoms with van der Waals surface area (Å²) in [6.45, 7) is 15.7. The van der Waals surface area contributed by atoms with Crippen molar-refractivity contribution >= 4 is 0 Å². The normalized spacial score (nSPS) is 12.4. The van der Waals surface area contributed by atoms with Crippen molar-refractivity contribution in [1.82, 2.24) is 4.90 Å². The summed E-state index contributed by atoms with van der Waals surface area (Å²) in [6.07, 6.45) is 5.97. The number of rotatable bonds is 11. The molecule has 0 saturated carbocycles. The Labute approximate surface area is 113 Å². The zero-order valence-corrected chi connectivity index (χ0v) is 12.4. The summed E-state index contributed by atoms with van der Waals surface area (Å²) in [6, 6.07) is 0. The first-order chi connectivity index (χ1) is 8.47. The molecule has 0 aliphatic heterocycles. The van der Waals surface area contributed by atoms with Gasteiger partial charge in [0.05, 0.1) is 6.10 Å². The molecule has 0 aromatic rings. The number of ether oxygens (including phenoxy) is 1. The maximum Gasteiger partial charge on any atom is 0.0782 e. The van der Waals surface area contributed by atoms with E-state index in [4.69, 9.17) is 4.74 Å². The van der Waals surface area contributed by atoms with Gasteiger partial charge in [0.25, 0.3) is 0 Å². The molecular formula is C16H29NO. The molecule has 0 radical (unpaired) electrons. The second kappa shape index (κ2) is 10.1. The number of nitrogens with zero attached hydrogens (tertiary/aromatic N) is 1. The third-order valence-electron chi connectivity index (χ3n) is 2.81. The van der Waals surface area contributed by atoms with Crippen molar-refractivity contribution in [3.05, 3.63) is 37.0 Å². The van der Waals surface area contributed by atoms with Crippen molar-refractivity contribution in [3.63, 3.8) is 0 Å². The highest BCUT2D eigenvalue weighted by molar-refractivity contribution is 5.04. The molecule has 0 N–H and O–H groups in total. The van der Waals surface area contributed by atoms with Crippen molar-refractivity contribution < 1.29 is 4.74 Å². The molecule has 0 rings (SSSR count). The first-order valence-electron chi connectivity index (χ1n) is 6.66. The van der Waals surface area contributed by atoms with Crippen molar-refractivity contribution in [3.8, 4) is 0 Å². The van der Waals surface area contributed by atoms with Gasteiger partial charge in [0.15, 0.2) is 0 Å². The molecule has 0 amide bonds. The molecule has 0 aliphatic rings. The van der Waals surface area contributed by atoms with Crippen LogP contribution in [0.25, 0.3) is 0 Å². The van der Waals surface area contributed by atoms with Crippen LogP contribution in [0, 0.1) is 0 Å². The summed E-state index contributed by atoms with van der Waals surface area (Å²) >= 11 is 0. The van der Waals surface area contributed by atoms with Crippen molar-refractivity contribution in [2.24, 2.45) is 0 Å². The van der Waals surface area contributed by atoms with Gasteiger partial charge in [0.2, 0.25) is 0 Å². The lowest BCUT2D eigenvalue weighted by molar-refractivity contribution is 0.0670. The Morgan fingerprint density at radius 2 is 2.00 bits per heavy atom. The quantitative estimate of drug-likeness (QED) is 0.409. The molecule has 0 fully saturated rings. The largest absolute Gasteiger partial charge is 0.374 e. The van der Waals surface area contributed by atoms with E-state index in [0.717, 1.165) is 44.4 Å². The molecule has 0 unspecified atom stereocenters. The summed E-state index contributed by atoms with van der Waals surface area (Å²) < 4.78 is 5.89. The minimum absolute atomic E-state index is 0.161. The van der Waals surface area contributed by atoms with Gasteiger partial charge < -0.3 is 9.64 Å². The predicted octanol–water partition coefficient (Wildman–Crippen LogP) is 3.81. The van der Waals surface area contributed by atoms with E-state index in [9.17, 15) is 0 Å². The average Bonchev–Trinajstić information content (AvgIpc) is 2.27. The van der Waals surface area contributed by atoms with Gasteiger partial charge in [-0.2, -0.15) is 0 Å². The van der Waals surface area contributed by atoms with Gasteiger partial charge in [-0.05, 0) is 53.2 Å². The molecule has 0 aromatic heterocycles. The Morgan fingerprint density at radius 3 is 2.50 bits per heavy atom. The van der Waals surface area contributed by atoms with E-state index < -0.39 is 0 Å². The van der Waals surface area contributed by atoms with E-state index in [1.807, 2.05) is 13.0 Å². The predicted molar refractivity (Wildman–Crippen MR) is 80.9 cm³/mol. The second-order valence-electron chi connectivity index (χ2n) is 5.14. The molecule has 104 valence electrons. The fourth-order valence-electron chi connectivity index (χ4n) is 1.72. The van der Waals surface area contributed by atoms with E-state index >= 15 is 0 Å². The third kappa shape index (κ3) is 9.20. The summed E-state index contributed by atoms with van der Waals surface area (Å²) in [5.41, 5.74) is 2.32. The molecule has 0 bridgehead atoms. The number of hydrogen-bond acceptors (Lipinski definition) is 2. The number of allylic oxidation sites excluding steroid dienone is 2. The first-order valence-corrected chi connectivity index (χ1v) is 6.66. The van der Waals surface area contributed by atoms with Crippen LogP contribution in [-0.4, -0.2) is 38.3 Å². The zero-order valence-electron chi connectivity index (χ0n) is 12.4. The van der Waals surface area contributed by atoms with Crippen LogP contribution in [0.5, 0.6) is 0 Å². The van der Waals surface area contributed by atoms with Crippen LogP contribution in [0.15, 0.2) is 37.0 Å². The monoisotopic (exact) mass is 251 g/mol. The van der Waals surface area contributed by atoms with Crippen LogP contribution >= 0.6 is 0 Å². The molecule has 2 nitrogen and oxygen atoms in total. The number of hydrogen-bond donors (Lipinski definition) is 0. The van der Waals surface area contributed by atoms with E-state index in [1.54, 1.807) is 0 Å². The van der Waals surface area contributed by atoms with Crippen molar-refractivity contribution in [2.75, 3.05) is 27.2 Å². The van der Waals surface area contributed by atoms with Crippen LogP contribution in [-0.2, 0) is 4.74 Å². The molecule has 0 aromatic carbocycles. The lowest BCUT2D eigenvalue weighted by Crippen LogP contribution is -2.19. The lowest BCUT2D eigenvalue weighted by atomic mass is 10.0. The maximum absolute atomic E-state index is 5.89. The standard InChI is InChI=1S/C16H29NO/c1-7-9-15(4)10-11-16(14(2)3)18-13-8-12-17(5)6/h7,16H,1-2,4,8-13H2,3,5-6H3/t16-/m1/s1. The van der Waals surface area contributed by atoms with Crippen molar-refractivity contribution in [1.29, 1.82) is 0 Å². The van der Waals surface area contributed by atoms with Gasteiger partial charge in [-0.15, -0.1) is 6.58 Å². The highest BCUT2D eigenvalue weighted by atomic mass is 16.5. The first kappa shape index (κ1) is 17.1. The molecule has 0 heterocycles. The highest BCUT2D eigenvalue weighted by Gasteiger charge is 2.10. The Kier molecular flexibility index (Phi) is 9.62. The third-order valence-corrected chi connectivity index (χ3v) is 2.81. The smallest absolute Gasteiger partial charge is 0.0782 e. The average molecular weight is 251 g/mol. The van der Waals surface area contributed by atoms with Gasteiger partial charge in [0.1, 0.15) is 0 Å². The fourth-order valence-corrected chi connectivity index (χ4v) is 1.72. The Bertz CT molecular complexity index is 268. The highest BCUT2D eigenvalue weighted by Crippen LogP contribution is 2.16. The summed E-state index contributed by atoms with van der Waals surface area (Å²) in [5, 5.41) is 0. The molecule has 0 saturated heterocycles. The molecule has 18 heavy (non-hydrogen) atoms. The second-order valence-corrected chi connectivity index (χ2v) is 5.14. The van der Waals surface area contributed by atoms with Crippen molar-refractivity contribution in [2.45, 2.75) is 38.7 Å². The van der Waals surface area contributed by atoms with Gasteiger partial charge in [-0.3, -0.25) is 0 Å². The molecular weight excluding hydrogens is 222 g/mol. The summed E-state index contributed by atoms with van der Waals surface area (Å²) in [4.78, 5) is 2.17. The van der Waals surface area contributed by atoms with E-state index in [-0.39, 0.29) is 6.10 Å². The topological polar surface area (TPSA) is 12.5 Å². The van der Waals surface area contributed by atoms with E-state index in [0.29, 0.717) is 0 Å². The van der Waals surface area contributed by atoms with Gasteiger partial charge in [0, 0.05) is 6.61 Å². The van der Waals surface area contributed by atoms with Crippen LogP contribution in [0.3, 0.4) is 0 Å². The van der Waals surface area contributed by atoms with Crippen LogP contribution in [0.4, 0.5) is 0 Å². The van der Waals surface area contributed by atoms with Gasteiger partial charge in [-0.1, -0.05) is 30.4 Å². The van der Waals surface area contributed by atoms with Crippen LogP contribution in [0.1, 0.15) is 32.6 Å². The van der Waals surface area contributed by atoms with E-state index in [2.05, 4.69) is 38.7 Å². The molecule has 2 heteroatoms. The van der Waals surface area contributed by atoms with E-state index in [1.165, 1.54) is 5.57 Å².